The van der Waals surface area contributed by atoms with E-state index in [0.29, 0.717) is 18.1 Å². The summed E-state index contributed by atoms with van der Waals surface area (Å²) in [5, 5.41) is 3.14. The number of anilines is 2. The molecule has 0 radical (unpaired) electrons. The smallest absolute Gasteiger partial charge is 0.254 e. The SMILES string of the molecule is CCOc1ccc(CN2CCN(C(=O)c3cccc(Nc4ncccn4)c3)CC2)cc1. The van der Waals surface area contributed by atoms with Crippen LogP contribution in [-0.2, 0) is 6.54 Å². The second-order valence-corrected chi connectivity index (χ2v) is 7.42. The molecule has 4 rings (SSSR count). The van der Waals surface area contributed by atoms with Crippen molar-refractivity contribution in [3.63, 3.8) is 0 Å². The van der Waals surface area contributed by atoms with Crippen molar-refractivity contribution < 1.29 is 9.53 Å². The van der Waals surface area contributed by atoms with Crippen LogP contribution in [0.3, 0.4) is 0 Å². The maximum atomic E-state index is 13.0. The molecule has 1 saturated heterocycles. The van der Waals surface area contributed by atoms with Gasteiger partial charge in [-0.25, -0.2) is 9.97 Å². The van der Waals surface area contributed by atoms with Gasteiger partial charge in [0.25, 0.3) is 5.91 Å². The average Bonchev–Trinajstić information content (AvgIpc) is 2.81. The molecular weight excluding hydrogens is 390 g/mol. The summed E-state index contributed by atoms with van der Waals surface area (Å²) >= 11 is 0. The van der Waals surface area contributed by atoms with Crippen molar-refractivity contribution in [2.24, 2.45) is 0 Å². The lowest BCUT2D eigenvalue weighted by Gasteiger charge is -2.34. The zero-order valence-electron chi connectivity index (χ0n) is 17.7. The Balaban J connectivity index is 1.31. The molecule has 7 nitrogen and oxygen atoms in total. The zero-order chi connectivity index (χ0) is 21.5. The number of benzene rings is 2. The summed E-state index contributed by atoms with van der Waals surface area (Å²) in [5.74, 6) is 1.46. The number of piperazine rings is 1. The molecule has 7 heteroatoms. The fourth-order valence-electron chi connectivity index (χ4n) is 3.63. The topological polar surface area (TPSA) is 70.6 Å². The van der Waals surface area contributed by atoms with Crippen molar-refractivity contribution in [3.05, 3.63) is 78.1 Å². The van der Waals surface area contributed by atoms with E-state index in [1.807, 2.05) is 48.2 Å². The minimum atomic E-state index is 0.0540. The first-order valence-corrected chi connectivity index (χ1v) is 10.6. The first kappa shape index (κ1) is 20.8. The molecule has 160 valence electrons. The van der Waals surface area contributed by atoms with Crippen molar-refractivity contribution in [2.75, 3.05) is 38.1 Å². The summed E-state index contributed by atoms with van der Waals surface area (Å²) in [6.45, 7) is 6.69. The van der Waals surface area contributed by atoms with Crippen LogP contribution in [0, 0.1) is 0 Å². The third-order valence-corrected chi connectivity index (χ3v) is 5.23. The van der Waals surface area contributed by atoms with Gasteiger partial charge in [-0.15, -0.1) is 0 Å². The fraction of sp³-hybridized carbons (Fsp3) is 0.292. The molecule has 1 N–H and O–H groups in total. The number of aromatic nitrogens is 2. The van der Waals surface area contributed by atoms with Crippen LogP contribution in [0.25, 0.3) is 0 Å². The normalized spacial score (nSPS) is 14.3. The molecule has 3 aromatic rings. The second kappa shape index (κ2) is 10.0. The molecule has 1 aliphatic rings. The molecule has 1 fully saturated rings. The van der Waals surface area contributed by atoms with Crippen LogP contribution in [0.4, 0.5) is 11.6 Å². The van der Waals surface area contributed by atoms with Gasteiger partial charge in [0, 0.05) is 56.4 Å². The van der Waals surface area contributed by atoms with Crippen LogP contribution < -0.4 is 10.1 Å². The maximum absolute atomic E-state index is 13.0. The van der Waals surface area contributed by atoms with E-state index < -0.39 is 0 Å². The molecule has 0 unspecified atom stereocenters. The van der Waals surface area contributed by atoms with Crippen LogP contribution in [-0.4, -0.2) is 58.5 Å². The Kier molecular flexibility index (Phi) is 6.74. The summed E-state index contributed by atoms with van der Waals surface area (Å²) in [4.78, 5) is 25.6. The molecule has 2 heterocycles. The molecule has 1 aromatic heterocycles. The van der Waals surface area contributed by atoms with Crippen molar-refractivity contribution in [1.29, 1.82) is 0 Å². The first-order valence-electron chi connectivity index (χ1n) is 10.6. The minimum Gasteiger partial charge on any atom is -0.494 e. The summed E-state index contributed by atoms with van der Waals surface area (Å²) in [7, 11) is 0. The van der Waals surface area contributed by atoms with E-state index >= 15 is 0 Å². The summed E-state index contributed by atoms with van der Waals surface area (Å²) in [5.41, 5.74) is 2.72. The average molecular weight is 418 g/mol. The van der Waals surface area contributed by atoms with Gasteiger partial charge in [0.15, 0.2) is 0 Å². The molecule has 31 heavy (non-hydrogen) atoms. The van der Waals surface area contributed by atoms with E-state index in [1.54, 1.807) is 18.5 Å². The predicted molar refractivity (Wildman–Crippen MR) is 121 cm³/mol. The number of nitrogens with zero attached hydrogens (tertiary/aromatic N) is 4. The summed E-state index contributed by atoms with van der Waals surface area (Å²) in [6.07, 6.45) is 3.36. The monoisotopic (exact) mass is 417 g/mol. The Morgan fingerprint density at radius 2 is 1.74 bits per heavy atom. The Bertz CT molecular complexity index is 986. The maximum Gasteiger partial charge on any atom is 0.254 e. The van der Waals surface area contributed by atoms with Gasteiger partial charge in [0.05, 0.1) is 6.61 Å². The zero-order valence-corrected chi connectivity index (χ0v) is 17.7. The highest BCUT2D eigenvalue weighted by molar-refractivity contribution is 5.95. The Labute approximate surface area is 182 Å². The standard InChI is InChI=1S/C24H27N5O2/c1-2-31-22-9-7-19(8-10-22)18-28-13-15-29(16-14-28)23(30)20-5-3-6-21(17-20)27-24-25-11-4-12-26-24/h3-12,17H,2,13-16,18H2,1H3,(H,25,26,27). The molecule has 0 spiro atoms. The number of hydrogen-bond donors (Lipinski definition) is 1. The number of rotatable bonds is 7. The highest BCUT2D eigenvalue weighted by atomic mass is 16.5. The molecule has 1 amide bonds. The fourth-order valence-corrected chi connectivity index (χ4v) is 3.63. The van der Waals surface area contributed by atoms with Gasteiger partial charge in [-0.2, -0.15) is 0 Å². The van der Waals surface area contributed by atoms with Gasteiger partial charge in [-0.3, -0.25) is 9.69 Å². The molecule has 0 bridgehead atoms. The van der Waals surface area contributed by atoms with Crippen molar-refractivity contribution in [3.8, 4) is 5.75 Å². The Hall–Kier alpha value is -3.45. The lowest BCUT2D eigenvalue weighted by molar-refractivity contribution is 0.0628. The van der Waals surface area contributed by atoms with E-state index in [1.165, 1.54) is 5.56 Å². The third kappa shape index (κ3) is 5.58. The highest BCUT2D eigenvalue weighted by Crippen LogP contribution is 2.18. The van der Waals surface area contributed by atoms with Gasteiger partial charge < -0.3 is 15.0 Å². The van der Waals surface area contributed by atoms with Gasteiger partial charge in [-0.1, -0.05) is 18.2 Å². The number of hydrogen-bond acceptors (Lipinski definition) is 6. The van der Waals surface area contributed by atoms with E-state index in [0.717, 1.165) is 44.2 Å². The Morgan fingerprint density at radius 3 is 2.45 bits per heavy atom. The quantitative estimate of drug-likeness (QED) is 0.634. The predicted octanol–water partition coefficient (Wildman–Crippen LogP) is 3.58. The van der Waals surface area contributed by atoms with Gasteiger partial charge in [0.2, 0.25) is 5.95 Å². The van der Waals surface area contributed by atoms with Crippen LogP contribution >= 0.6 is 0 Å². The van der Waals surface area contributed by atoms with E-state index in [9.17, 15) is 4.79 Å². The first-order chi connectivity index (χ1) is 15.2. The number of ether oxygens (including phenoxy) is 1. The lowest BCUT2D eigenvalue weighted by atomic mass is 10.1. The third-order valence-electron chi connectivity index (χ3n) is 5.23. The van der Waals surface area contributed by atoms with Gasteiger partial charge >= 0.3 is 0 Å². The number of carbonyl (C=O) groups excluding carboxylic acids is 1. The van der Waals surface area contributed by atoms with Gasteiger partial charge in [0.1, 0.15) is 5.75 Å². The minimum absolute atomic E-state index is 0.0540. The lowest BCUT2D eigenvalue weighted by Crippen LogP contribution is -2.48. The number of carbonyl (C=O) groups is 1. The molecule has 0 aliphatic carbocycles. The van der Waals surface area contributed by atoms with Crippen LogP contribution in [0.5, 0.6) is 5.75 Å². The van der Waals surface area contributed by atoms with Crippen molar-refractivity contribution >= 4 is 17.5 Å². The largest absolute Gasteiger partial charge is 0.494 e. The molecule has 2 aromatic carbocycles. The molecule has 1 aliphatic heterocycles. The number of nitrogens with one attached hydrogen (secondary N) is 1. The van der Waals surface area contributed by atoms with Crippen molar-refractivity contribution in [2.45, 2.75) is 13.5 Å². The van der Waals surface area contributed by atoms with Crippen LogP contribution in [0.1, 0.15) is 22.8 Å². The highest BCUT2D eigenvalue weighted by Gasteiger charge is 2.22. The molecule has 0 saturated carbocycles. The molecule has 0 atom stereocenters. The van der Waals surface area contributed by atoms with E-state index in [4.69, 9.17) is 4.74 Å². The van der Waals surface area contributed by atoms with Crippen LogP contribution in [0.15, 0.2) is 67.0 Å². The van der Waals surface area contributed by atoms with E-state index in [-0.39, 0.29) is 5.91 Å². The Morgan fingerprint density at radius 1 is 1.00 bits per heavy atom. The van der Waals surface area contributed by atoms with E-state index in [2.05, 4.69) is 32.3 Å². The van der Waals surface area contributed by atoms with Crippen molar-refractivity contribution in [1.82, 2.24) is 19.8 Å². The molecular formula is C24H27N5O2. The van der Waals surface area contributed by atoms with Crippen LogP contribution in [0.2, 0.25) is 0 Å². The second-order valence-electron chi connectivity index (χ2n) is 7.42. The number of amides is 1. The summed E-state index contributed by atoms with van der Waals surface area (Å²) in [6, 6.07) is 17.5. The summed E-state index contributed by atoms with van der Waals surface area (Å²) < 4.78 is 5.51. The van der Waals surface area contributed by atoms with Gasteiger partial charge in [-0.05, 0) is 48.9 Å².